The molecule has 0 aromatic rings. The lowest BCUT2D eigenvalue weighted by Gasteiger charge is -2.11. The van der Waals surface area contributed by atoms with Gasteiger partial charge in [-0.1, -0.05) is 16.3 Å². The molecule has 0 saturated carbocycles. The van der Waals surface area contributed by atoms with Gasteiger partial charge in [-0.3, -0.25) is 9.46 Å². The lowest BCUT2D eigenvalue weighted by atomic mass is 10.4. The van der Waals surface area contributed by atoms with Crippen LogP contribution in [-0.4, -0.2) is 23.5 Å². The van der Waals surface area contributed by atoms with Crippen LogP contribution in [-0.2, 0) is 4.79 Å². The average molecular weight is 147 g/mol. The van der Waals surface area contributed by atoms with Gasteiger partial charge in [-0.2, -0.15) is 0 Å². The number of hydrogen-bond donors (Lipinski definition) is 0. The maximum absolute atomic E-state index is 10.5. The zero-order valence-electron chi connectivity index (χ0n) is 6.05. The van der Waals surface area contributed by atoms with E-state index in [-0.39, 0.29) is 5.78 Å². The summed E-state index contributed by atoms with van der Waals surface area (Å²) in [5.74, 6) is 0.221. The fourth-order valence-corrected chi connectivity index (χ4v) is 1.17. The summed E-state index contributed by atoms with van der Waals surface area (Å²) in [4.78, 5) is 10.5. The molecule has 0 aliphatic heterocycles. The quantitative estimate of drug-likeness (QED) is 0.554. The second-order valence-electron chi connectivity index (χ2n) is 2.17. The molecule has 1 atom stereocenters. The number of ketones is 1. The van der Waals surface area contributed by atoms with Crippen LogP contribution in [0.15, 0.2) is 0 Å². The summed E-state index contributed by atoms with van der Waals surface area (Å²) >= 11 is 0. The van der Waals surface area contributed by atoms with Crippen molar-refractivity contribution in [2.24, 2.45) is 0 Å². The number of Topliss-reactive ketones (excluding diaryl/α,β-unsaturated/α-hetero) is 1. The predicted octanol–water partition coefficient (Wildman–Crippen LogP) is 1.08. The van der Waals surface area contributed by atoms with Crippen molar-refractivity contribution in [1.82, 2.24) is 4.67 Å². The average Bonchev–Trinajstić information content (AvgIpc) is 1.63. The highest BCUT2D eigenvalue weighted by Gasteiger charge is 1.98. The molecule has 54 valence electrons. The standard InChI is InChI=1S/C6H14NOP/c1-3-4-7(9)5-6(2)8/h3-5,9H2,1-2H3. The number of rotatable bonds is 4. The number of hydrogen-bond acceptors (Lipinski definition) is 2. The highest BCUT2D eigenvalue weighted by Crippen LogP contribution is 1.98. The molecule has 0 aliphatic rings. The van der Waals surface area contributed by atoms with Crippen LogP contribution in [0.25, 0.3) is 0 Å². The maximum atomic E-state index is 10.5. The van der Waals surface area contributed by atoms with Gasteiger partial charge < -0.3 is 0 Å². The molecule has 0 spiro atoms. The first-order chi connectivity index (χ1) is 4.16. The maximum Gasteiger partial charge on any atom is 0.144 e. The van der Waals surface area contributed by atoms with Crippen molar-refractivity contribution in [2.45, 2.75) is 20.3 Å². The molecule has 0 aliphatic carbocycles. The third kappa shape index (κ3) is 5.94. The second-order valence-corrected chi connectivity index (χ2v) is 2.90. The van der Waals surface area contributed by atoms with E-state index < -0.39 is 0 Å². The summed E-state index contributed by atoms with van der Waals surface area (Å²) in [6.45, 7) is 5.23. The highest BCUT2D eigenvalue weighted by molar-refractivity contribution is 7.13. The summed E-state index contributed by atoms with van der Waals surface area (Å²) in [5.41, 5.74) is 0. The van der Waals surface area contributed by atoms with Crippen LogP contribution in [0.4, 0.5) is 0 Å². The highest BCUT2D eigenvalue weighted by atomic mass is 31.0. The van der Waals surface area contributed by atoms with Crippen molar-refractivity contribution in [3.8, 4) is 0 Å². The Hall–Kier alpha value is 0.0600. The Kier molecular flexibility index (Phi) is 4.93. The molecular weight excluding hydrogens is 133 g/mol. The number of carbonyl (C=O) groups is 1. The Balaban J connectivity index is 3.26. The van der Waals surface area contributed by atoms with E-state index >= 15 is 0 Å². The zero-order chi connectivity index (χ0) is 7.28. The van der Waals surface area contributed by atoms with E-state index in [9.17, 15) is 4.79 Å². The summed E-state index contributed by atoms with van der Waals surface area (Å²) < 4.78 is 1.95. The normalized spacial score (nSPS) is 10.2. The minimum atomic E-state index is 0.221. The van der Waals surface area contributed by atoms with E-state index in [1.54, 1.807) is 6.92 Å². The van der Waals surface area contributed by atoms with Crippen LogP contribution in [0.3, 0.4) is 0 Å². The van der Waals surface area contributed by atoms with Crippen molar-refractivity contribution in [3.63, 3.8) is 0 Å². The van der Waals surface area contributed by atoms with Gasteiger partial charge in [0.1, 0.15) is 5.78 Å². The van der Waals surface area contributed by atoms with E-state index in [1.165, 1.54) is 0 Å². The van der Waals surface area contributed by atoms with Crippen LogP contribution in [0, 0.1) is 0 Å². The van der Waals surface area contributed by atoms with Gasteiger partial charge in [-0.25, -0.2) is 0 Å². The topological polar surface area (TPSA) is 20.3 Å². The zero-order valence-corrected chi connectivity index (χ0v) is 7.21. The lowest BCUT2D eigenvalue weighted by Crippen LogP contribution is -2.19. The van der Waals surface area contributed by atoms with Gasteiger partial charge in [0.25, 0.3) is 0 Å². The molecule has 0 aromatic heterocycles. The SMILES string of the molecule is CCCN(P)CC(C)=O. The first-order valence-corrected chi connectivity index (χ1v) is 3.67. The van der Waals surface area contributed by atoms with E-state index in [4.69, 9.17) is 0 Å². The molecule has 3 heteroatoms. The van der Waals surface area contributed by atoms with Crippen molar-refractivity contribution in [2.75, 3.05) is 13.1 Å². The molecule has 0 fully saturated rings. The summed E-state index contributed by atoms with van der Waals surface area (Å²) in [6.07, 6.45) is 1.09. The second kappa shape index (κ2) is 4.89. The minimum absolute atomic E-state index is 0.221. The van der Waals surface area contributed by atoms with Gasteiger partial charge in [-0.05, 0) is 13.3 Å². The van der Waals surface area contributed by atoms with Crippen LogP contribution in [0.1, 0.15) is 20.3 Å². The molecule has 0 heterocycles. The minimum Gasteiger partial charge on any atom is -0.299 e. The van der Waals surface area contributed by atoms with Crippen molar-refractivity contribution in [1.29, 1.82) is 0 Å². The largest absolute Gasteiger partial charge is 0.299 e. The molecule has 2 nitrogen and oxygen atoms in total. The van der Waals surface area contributed by atoms with Crippen LogP contribution in [0.5, 0.6) is 0 Å². The summed E-state index contributed by atoms with van der Waals surface area (Å²) in [6, 6.07) is 0. The first-order valence-electron chi connectivity index (χ1n) is 3.16. The lowest BCUT2D eigenvalue weighted by molar-refractivity contribution is -0.117. The molecule has 0 saturated heterocycles. The molecular formula is C6H14NOP. The fraction of sp³-hybridized carbons (Fsp3) is 0.833. The van der Waals surface area contributed by atoms with E-state index in [0.717, 1.165) is 13.0 Å². The fourth-order valence-electron chi connectivity index (χ4n) is 0.652. The van der Waals surface area contributed by atoms with Crippen LogP contribution >= 0.6 is 9.39 Å². The van der Waals surface area contributed by atoms with Gasteiger partial charge >= 0.3 is 0 Å². The summed E-state index contributed by atoms with van der Waals surface area (Å²) in [7, 11) is 2.54. The smallest absolute Gasteiger partial charge is 0.144 e. The molecule has 0 bridgehead atoms. The third-order valence-corrected chi connectivity index (χ3v) is 1.38. The van der Waals surface area contributed by atoms with Gasteiger partial charge in [0.05, 0.1) is 6.54 Å². The Morgan fingerprint density at radius 3 is 2.56 bits per heavy atom. The van der Waals surface area contributed by atoms with Gasteiger partial charge in [-0.15, -0.1) is 0 Å². The molecule has 0 amide bonds. The van der Waals surface area contributed by atoms with Gasteiger partial charge in [0, 0.05) is 6.54 Å². The van der Waals surface area contributed by atoms with Crippen molar-refractivity contribution >= 4 is 15.2 Å². The Morgan fingerprint density at radius 2 is 2.22 bits per heavy atom. The summed E-state index contributed by atoms with van der Waals surface area (Å²) in [5, 5.41) is 0. The Bertz CT molecular complexity index is 95.1. The van der Waals surface area contributed by atoms with Crippen LogP contribution < -0.4 is 0 Å². The molecule has 9 heavy (non-hydrogen) atoms. The van der Waals surface area contributed by atoms with Gasteiger partial charge in [0.15, 0.2) is 0 Å². The Morgan fingerprint density at radius 1 is 1.67 bits per heavy atom. The molecule has 1 unspecified atom stereocenters. The number of carbonyl (C=O) groups excluding carboxylic acids is 1. The predicted molar refractivity (Wildman–Crippen MR) is 42.3 cm³/mol. The van der Waals surface area contributed by atoms with Crippen molar-refractivity contribution in [3.05, 3.63) is 0 Å². The Labute approximate surface area is 58.9 Å². The van der Waals surface area contributed by atoms with Crippen LogP contribution in [0.2, 0.25) is 0 Å². The number of nitrogens with zero attached hydrogens (tertiary/aromatic N) is 1. The third-order valence-electron chi connectivity index (χ3n) is 0.937. The molecule has 0 aromatic carbocycles. The molecule has 0 rings (SSSR count). The van der Waals surface area contributed by atoms with E-state index in [2.05, 4.69) is 16.3 Å². The van der Waals surface area contributed by atoms with Gasteiger partial charge in [0.2, 0.25) is 0 Å². The first kappa shape index (κ1) is 9.06. The van der Waals surface area contributed by atoms with E-state index in [0.29, 0.717) is 6.54 Å². The van der Waals surface area contributed by atoms with E-state index in [1.807, 2.05) is 4.67 Å². The molecule has 0 N–H and O–H groups in total. The van der Waals surface area contributed by atoms with Crippen molar-refractivity contribution < 1.29 is 4.79 Å². The monoisotopic (exact) mass is 147 g/mol. The molecule has 0 radical (unpaired) electrons.